The van der Waals surface area contributed by atoms with Crippen molar-refractivity contribution in [3.8, 4) is 0 Å². The van der Waals surface area contributed by atoms with Crippen LogP contribution in [0.3, 0.4) is 0 Å². The van der Waals surface area contributed by atoms with Crippen LogP contribution in [-0.4, -0.2) is 73.8 Å². The number of aliphatic hydroxyl groups excluding tert-OH is 1. The number of carbonyl (C=O) groups is 1. The predicted molar refractivity (Wildman–Crippen MR) is 89.0 cm³/mol. The van der Waals surface area contributed by atoms with E-state index in [-0.39, 0.29) is 12.5 Å². The molecular weight excluding hydrogens is 282 g/mol. The normalized spacial score (nSPS) is 17.3. The van der Waals surface area contributed by atoms with E-state index in [0.29, 0.717) is 19.1 Å². The molecule has 0 aliphatic carbocycles. The van der Waals surface area contributed by atoms with Gasteiger partial charge in [-0.3, -0.25) is 14.7 Å². The molecule has 0 saturated carbocycles. The molecule has 0 aromatic heterocycles. The summed E-state index contributed by atoms with van der Waals surface area (Å²) in [6.45, 7) is 8.41. The van der Waals surface area contributed by atoms with Crippen LogP contribution in [0.1, 0.15) is 33.1 Å². The highest BCUT2D eigenvalue weighted by molar-refractivity contribution is 5.80. The van der Waals surface area contributed by atoms with Gasteiger partial charge in [0.15, 0.2) is 5.96 Å². The van der Waals surface area contributed by atoms with E-state index in [0.717, 1.165) is 51.4 Å². The maximum absolute atomic E-state index is 11.7. The van der Waals surface area contributed by atoms with Crippen molar-refractivity contribution in [1.29, 1.82) is 0 Å². The van der Waals surface area contributed by atoms with E-state index in [4.69, 9.17) is 5.11 Å². The van der Waals surface area contributed by atoms with Crippen molar-refractivity contribution in [3.63, 3.8) is 0 Å². The Bertz CT molecular complexity index is 341. The van der Waals surface area contributed by atoms with Gasteiger partial charge in [0.2, 0.25) is 5.91 Å². The summed E-state index contributed by atoms with van der Waals surface area (Å²) in [6, 6.07) is 0.367. The van der Waals surface area contributed by atoms with Crippen molar-refractivity contribution in [2.45, 2.75) is 39.2 Å². The molecule has 7 nitrogen and oxygen atoms in total. The number of piperidine rings is 1. The standard InChI is InChI=1S/C15H31N5O2/c1-3-7-17-14(22)12-20-9-5-13(6-10-20)19-15(16-4-2)18-8-11-21/h13,21H,3-12H2,1-2H3,(H,17,22)(H2,16,18,19). The first-order valence-corrected chi connectivity index (χ1v) is 8.34. The van der Waals surface area contributed by atoms with Crippen LogP contribution < -0.4 is 16.0 Å². The Balaban J connectivity index is 2.30. The molecule has 0 radical (unpaired) electrons. The molecule has 1 amide bonds. The minimum atomic E-state index is 0.0574. The molecule has 1 aliphatic rings. The molecular formula is C15H31N5O2. The minimum absolute atomic E-state index is 0.0574. The van der Waals surface area contributed by atoms with Gasteiger partial charge < -0.3 is 21.1 Å². The second-order valence-electron chi connectivity index (χ2n) is 5.53. The SMILES string of the molecule is CCCNC(=O)CN1CCC(NC(=NCCO)NCC)CC1. The number of carbonyl (C=O) groups excluding carboxylic acids is 1. The summed E-state index contributed by atoms with van der Waals surface area (Å²) < 4.78 is 0. The summed E-state index contributed by atoms with van der Waals surface area (Å²) >= 11 is 0. The van der Waals surface area contributed by atoms with Crippen LogP contribution in [0.2, 0.25) is 0 Å². The highest BCUT2D eigenvalue weighted by Gasteiger charge is 2.21. The number of aliphatic imine (C=N–C) groups is 1. The van der Waals surface area contributed by atoms with Crippen LogP contribution in [0.4, 0.5) is 0 Å². The Labute approximate surface area is 133 Å². The first-order valence-electron chi connectivity index (χ1n) is 8.34. The van der Waals surface area contributed by atoms with Crippen LogP contribution in [0.15, 0.2) is 4.99 Å². The number of aliphatic hydroxyl groups is 1. The van der Waals surface area contributed by atoms with Gasteiger partial charge in [-0.05, 0) is 26.2 Å². The molecule has 1 fully saturated rings. The number of likely N-dealkylation sites (tertiary alicyclic amines) is 1. The Hall–Kier alpha value is -1.34. The summed E-state index contributed by atoms with van der Waals surface area (Å²) in [5, 5.41) is 18.4. The van der Waals surface area contributed by atoms with Gasteiger partial charge in [-0.25, -0.2) is 0 Å². The number of amides is 1. The van der Waals surface area contributed by atoms with Gasteiger partial charge in [-0.15, -0.1) is 0 Å². The van der Waals surface area contributed by atoms with Crippen molar-refractivity contribution in [2.24, 2.45) is 4.99 Å². The first-order chi connectivity index (χ1) is 10.7. The van der Waals surface area contributed by atoms with Crippen molar-refractivity contribution >= 4 is 11.9 Å². The summed E-state index contributed by atoms with van der Waals surface area (Å²) in [4.78, 5) is 18.2. The zero-order valence-corrected chi connectivity index (χ0v) is 13.9. The Morgan fingerprint density at radius 1 is 1.27 bits per heavy atom. The van der Waals surface area contributed by atoms with Gasteiger partial charge in [-0.2, -0.15) is 0 Å². The van der Waals surface area contributed by atoms with Gasteiger partial charge in [0.1, 0.15) is 0 Å². The molecule has 0 bridgehead atoms. The van der Waals surface area contributed by atoms with Crippen LogP contribution in [-0.2, 0) is 4.79 Å². The summed E-state index contributed by atoms with van der Waals surface area (Å²) in [7, 11) is 0. The fraction of sp³-hybridized carbons (Fsp3) is 0.867. The van der Waals surface area contributed by atoms with Crippen molar-refractivity contribution in [1.82, 2.24) is 20.9 Å². The van der Waals surface area contributed by atoms with E-state index in [1.807, 2.05) is 6.92 Å². The molecule has 0 spiro atoms. The fourth-order valence-electron chi connectivity index (χ4n) is 2.43. The number of hydrogen-bond donors (Lipinski definition) is 4. The molecule has 0 atom stereocenters. The van der Waals surface area contributed by atoms with Gasteiger partial charge in [0, 0.05) is 32.2 Å². The highest BCUT2D eigenvalue weighted by atomic mass is 16.3. The molecule has 7 heteroatoms. The van der Waals surface area contributed by atoms with Crippen LogP contribution >= 0.6 is 0 Å². The van der Waals surface area contributed by atoms with E-state index >= 15 is 0 Å². The molecule has 22 heavy (non-hydrogen) atoms. The number of rotatable bonds is 8. The third-order valence-corrected chi connectivity index (χ3v) is 3.58. The first kappa shape index (κ1) is 18.7. The van der Waals surface area contributed by atoms with Gasteiger partial charge in [0.25, 0.3) is 0 Å². The maximum atomic E-state index is 11.7. The zero-order valence-electron chi connectivity index (χ0n) is 13.9. The third-order valence-electron chi connectivity index (χ3n) is 3.58. The van der Waals surface area contributed by atoms with E-state index in [9.17, 15) is 4.79 Å². The van der Waals surface area contributed by atoms with E-state index in [1.165, 1.54) is 0 Å². The maximum Gasteiger partial charge on any atom is 0.234 e. The average Bonchev–Trinajstić information content (AvgIpc) is 2.52. The highest BCUT2D eigenvalue weighted by Crippen LogP contribution is 2.09. The van der Waals surface area contributed by atoms with Gasteiger partial charge in [0.05, 0.1) is 19.7 Å². The van der Waals surface area contributed by atoms with E-state index < -0.39 is 0 Å². The summed E-state index contributed by atoms with van der Waals surface area (Å²) in [5.41, 5.74) is 0. The van der Waals surface area contributed by atoms with E-state index in [1.54, 1.807) is 0 Å². The molecule has 128 valence electrons. The van der Waals surface area contributed by atoms with Crippen LogP contribution in [0.5, 0.6) is 0 Å². The Kier molecular flexibility index (Phi) is 9.57. The molecule has 1 aliphatic heterocycles. The minimum Gasteiger partial charge on any atom is -0.394 e. The zero-order chi connectivity index (χ0) is 16.2. The average molecular weight is 313 g/mol. The molecule has 1 rings (SSSR count). The molecule has 1 heterocycles. The smallest absolute Gasteiger partial charge is 0.234 e. The van der Waals surface area contributed by atoms with Crippen LogP contribution in [0, 0.1) is 0 Å². The van der Waals surface area contributed by atoms with Crippen LogP contribution in [0.25, 0.3) is 0 Å². The quantitative estimate of drug-likeness (QED) is 0.359. The molecule has 0 aromatic carbocycles. The molecule has 4 N–H and O–H groups in total. The number of hydrogen-bond acceptors (Lipinski definition) is 4. The topological polar surface area (TPSA) is 89.0 Å². The second kappa shape index (κ2) is 11.3. The lowest BCUT2D eigenvalue weighted by atomic mass is 10.1. The largest absolute Gasteiger partial charge is 0.394 e. The monoisotopic (exact) mass is 313 g/mol. The number of nitrogens with zero attached hydrogens (tertiary/aromatic N) is 2. The summed E-state index contributed by atoms with van der Waals surface area (Å²) in [6.07, 6.45) is 2.95. The van der Waals surface area contributed by atoms with Crippen molar-refractivity contribution in [2.75, 3.05) is 45.9 Å². The van der Waals surface area contributed by atoms with Gasteiger partial charge in [-0.1, -0.05) is 6.92 Å². The lowest BCUT2D eigenvalue weighted by Crippen LogP contribution is -2.50. The fourth-order valence-corrected chi connectivity index (χ4v) is 2.43. The third kappa shape index (κ3) is 7.61. The Morgan fingerprint density at radius 2 is 2.00 bits per heavy atom. The van der Waals surface area contributed by atoms with E-state index in [2.05, 4.69) is 32.8 Å². The molecule has 0 aromatic rings. The molecule has 1 saturated heterocycles. The van der Waals surface area contributed by atoms with Crippen molar-refractivity contribution < 1.29 is 9.90 Å². The predicted octanol–water partition coefficient (Wildman–Crippen LogP) is -0.476. The Morgan fingerprint density at radius 3 is 2.59 bits per heavy atom. The molecule has 0 unspecified atom stereocenters. The second-order valence-corrected chi connectivity index (χ2v) is 5.53. The number of nitrogens with one attached hydrogen (secondary N) is 3. The lowest BCUT2D eigenvalue weighted by Gasteiger charge is -2.32. The number of guanidine groups is 1. The van der Waals surface area contributed by atoms with Gasteiger partial charge >= 0.3 is 0 Å². The summed E-state index contributed by atoms with van der Waals surface area (Å²) in [5.74, 6) is 0.877. The lowest BCUT2D eigenvalue weighted by molar-refractivity contribution is -0.122. The van der Waals surface area contributed by atoms with Crippen molar-refractivity contribution in [3.05, 3.63) is 0 Å².